The van der Waals surface area contributed by atoms with Crippen molar-refractivity contribution in [2.75, 3.05) is 40.0 Å². The molecular weight excluding hydrogens is 300 g/mol. The van der Waals surface area contributed by atoms with E-state index in [-0.39, 0.29) is 0 Å². The molecule has 0 aromatic carbocycles. The van der Waals surface area contributed by atoms with Crippen LogP contribution in [0, 0.1) is 6.92 Å². The number of guanidine groups is 1. The van der Waals surface area contributed by atoms with E-state index in [1.54, 1.807) is 18.4 Å². The summed E-state index contributed by atoms with van der Waals surface area (Å²) in [6, 6.07) is 0. The summed E-state index contributed by atoms with van der Waals surface area (Å²) in [5.41, 5.74) is 0. The predicted octanol–water partition coefficient (Wildman–Crippen LogP) is 1.95. The highest BCUT2D eigenvalue weighted by Gasteiger charge is 2.00. The molecule has 0 bridgehead atoms. The second-order valence-electron chi connectivity index (χ2n) is 4.78. The Morgan fingerprint density at radius 1 is 1.23 bits per heavy atom. The van der Waals surface area contributed by atoms with E-state index in [0.717, 1.165) is 43.5 Å². The molecule has 0 aliphatic rings. The van der Waals surface area contributed by atoms with E-state index in [1.165, 1.54) is 4.88 Å². The molecule has 0 aliphatic carbocycles. The molecule has 1 aromatic heterocycles. The number of unbranched alkanes of at least 4 members (excludes halogenated alkanes) is 1. The summed E-state index contributed by atoms with van der Waals surface area (Å²) >= 11 is 1.69. The fourth-order valence-corrected chi connectivity index (χ4v) is 2.42. The summed E-state index contributed by atoms with van der Waals surface area (Å²) in [6.07, 6.45) is 4.17. The Morgan fingerprint density at radius 2 is 2.00 bits per heavy atom. The third kappa shape index (κ3) is 8.96. The molecule has 0 radical (unpaired) electrons. The van der Waals surface area contributed by atoms with Crippen LogP contribution in [0.4, 0.5) is 0 Å². The van der Waals surface area contributed by atoms with Gasteiger partial charge in [0, 0.05) is 31.3 Å². The zero-order chi connectivity index (χ0) is 16.0. The van der Waals surface area contributed by atoms with Gasteiger partial charge in [0.25, 0.3) is 0 Å². The quantitative estimate of drug-likeness (QED) is 0.369. The van der Waals surface area contributed by atoms with Gasteiger partial charge in [-0.15, -0.1) is 11.3 Å². The highest BCUT2D eigenvalue weighted by Crippen LogP contribution is 2.10. The fraction of sp³-hybridized carbons (Fsp3) is 0.733. The largest absolute Gasteiger partial charge is 0.379 e. The summed E-state index contributed by atoms with van der Waals surface area (Å²) in [5.74, 6) is 0.772. The van der Waals surface area contributed by atoms with Gasteiger partial charge in [-0.25, -0.2) is 4.98 Å². The van der Waals surface area contributed by atoms with Crippen LogP contribution < -0.4 is 10.6 Å². The van der Waals surface area contributed by atoms with Crippen molar-refractivity contribution in [3.8, 4) is 0 Å². The Hall–Kier alpha value is -1.18. The van der Waals surface area contributed by atoms with E-state index in [0.29, 0.717) is 19.8 Å². The lowest BCUT2D eigenvalue weighted by Crippen LogP contribution is -2.38. The summed E-state index contributed by atoms with van der Waals surface area (Å²) < 4.78 is 10.9. The Bertz CT molecular complexity index is 423. The van der Waals surface area contributed by atoms with Gasteiger partial charge in [-0.05, 0) is 13.3 Å². The van der Waals surface area contributed by atoms with Crippen molar-refractivity contribution in [1.29, 1.82) is 0 Å². The van der Waals surface area contributed by atoms with E-state index in [1.807, 2.05) is 13.1 Å². The van der Waals surface area contributed by atoms with Crippen molar-refractivity contribution < 1.29 is 9.47 Å². The lowest BCUT2D eigenvalue weighted by Gasteiger charge is -2.11. The maximum atomic E-state index is 5.50. The Balaban J connectivity index is 2.00. The van der Waals surface area contributed by atoms with Crippen molar-refractivity contribution in [1.82, 2.24) is 15.6 Å². The second kappa shape index (κ2) is 12.4. The maximum Gasteiger partial charge on any atom is 0.191 e. The first-order chi connectivity index (χ1) is 10.8. The number of aliphatic imine (C=N–C) groups is 1. The average Bonchev–Trinajstić information content (AvgIpc) is 2.94. The van der Waals surface area contributed by atoms with E-state index in [2.05, 4.69) is 27.5 Å². The van der Waals surface area contributed by atoms with Crippen LogP contribution in [0.2, 0.25) is 0 Å². The average molecular weight is 328 g/mol. The smallest absolute Gasteiger partial charge is 0.191 e. The first-order valence-electron chi connectivity index (χ1n) is 7.77. The first kappa shape index (κ1) is 18.9. The van der Waals surface area contributed by atoms with Crippen LogP contribution in [0.1, 0.15) is 29.7 Å². The molecule has 1 rings (SSSR count). The summed E-state index contributed by atoms with van der Waals surface area (Å²) in [4.78, 5) is 9.60. The summed E-state index contributed by atoms with van der Waals surface area (Å²) in [5, 5.41) is 7.55. The first-order valence-corrected chi connectivity index (χ1v) is 8.59. The Kier molecular flexibility index (Phi) is 10.6. The predicted molar refractivity (Wildman–Crippen MR) is 91.6 cm³/mol. The summed E-state index contributed by atoms with van der Waals surface area (Å²) in [6.45, 7) is 8.37. The van der Waals surface area contributed by atoms with E-state index < -0.39 is 0 Å². The van der Waals surface area contributed by atoms with Gasteiger partial charge in [0.05, 0.1) is 31.4 Å². The number of ether oxygens (including phenoxy) is 2. The maximum absolute atomic E-state index is 5.50. The van der Waals surface area contributed by atoms with Crippen LogP contribution in [0.15, 0.2) is 11.2 Å². The van der Waals surface area contributed by atoms with Crippen LogP contribution in [-0.2, 0) is 16.0 Å². The van der Waals surface area contributed by atoms with Crippen LogP contribution >= 0.6 is 11.3 Å². The number of hydrogen-bond donors (Lipinski definition) is 2. The van der Waals surface area contributed by atoms with Crippen molar-refractivity contribution >= 4 is 17.3 Å². The number of aryl methyl sites for hydroxylation is 1. The molecule has 22 heavy (non-hydrogen) atoms. The van der Waals surface area contributed by atoms with E-state index in [9.17, 15) is 0 Å². The molecule has 0 fully saturated rings. The van der Waals surface area contributed by atoms with Crippen LogP contribution in [0.25, 0.3) is 0 Å². The molecule has 0 amide bonds. The third-order valence-corrected chi connectivity index (χ3v) is 3.79. The molecular formula is C15H28N4O2S. The number of nitrogens with zero attached hydrogens (tertiary/aromatic N) is 2. The minimum atomic E-state index is 0.636. The molecule has 0 atom stereocenters. The minimum Gasteiger partial charge on any atom is -0.379 e. The monoisotopic (exact) mass is 328 g/mol. The number of rotatable bonds is 11. The van der Waals surface area contributed by atoms with Crippen molar-refractivity contribution in [3.05, 3.63) is 16.1 Å². The molecule has 1 aromatic rings. The molecule has 1 heterocycles. The molecule has 7 heteroatoms. The molecule has 0 unspecified atom stereocenters. The van der Waals surface area contributed by atoms with Crippen molar-refractivity contribution in [2.24, 2.45) is 4.99 Å². The van der Waals surface area contributed by atoms with E-state index in [4.69, 9.17) is 9.47 Å². The SMILES string of the molecule is CCCCOCCOCCNC(=NC)NCc1cnc(C)s1. The van der Waals surface area contributed by atoms with Gasteiger partial charge in [-0.3, -0.25) is 4.99 Å². The van der Waals surface area contributed by atoms with Crippen LogP contribution in [0.3, 0.4) is 0 Å². The number of hydrogen-bond acceptors (Lipinski definition) is 5. The van der Waals surface area contributed by atoms with Gasteiger partial charge in [-0.1, -0.05) is 13.3 Å². The fourth-order valence-electron chi connectivity index (χ4n) is 1.69. The second-order valence-corrected chi connectivity index (χ2v) is 6.10. The van der Waals surface area contributed by atoms with Crippen LogP contribution in [0.5, 0.6) is 0 Å². The zero-order valence-corrected chi connectivity index (χ0v) is 14.7. The number of nitrogens with one attached hydrogen (secondary N) is 2. The topological polar surface area (TPSA) is 67.8 Å². The van der Waals surface area contributed by atoms with Gasteiger partial charge >= 0.3 is 0 Å². The highest BCUT2D eigenvalue weighted by molar-refractivity contribution is 7.11. The van der Waals surface area contributed by atoms with Crippen LogP contribution in [-0.4, -0.2) is 51.0 Å². The number of aromatic nitrogens is 1. The number of thiazole rings is 1. The van der Waals surface area contributed by atoms with Gasteiger partial charge in [0.2, 0.25) is 0 Å². The molecule has 0 saturated heterocycles. The van der Waals surface area contributed by atoms with Crippen molar-refractivity contribution in [3.63, 3.8) is 0 Å². The Labute approximate surface area is 137 Å². The summed E-state index contributed by atoms with van der Waals surface area (Å²) in [7, 11) is 1.76. The molecule has 6 nitrogen and oxygen atoms in total. The molecule has 0 spiro atoms. The third-order valence-electron chi connectivity index (χ3n) is 2.88. The van der Waals surface area contributed by atoms with Crippen molar-refractivity contribution in [2.45, 2.75) is 33.2 Å². The van der Waals surface area contributed by atoms with Gasteiger partial charge in [0.15, 0.2) is 5.96 Å². The van der Waals surface area contributed by atoms with Gasteiger partial charge in [-0.2, -0.15) is 0 Å². The lowest BCUT2D eigenvalue weighted by molar-refractivity contribution is 0.0487. The molecule has 0 aliphatic heterocycles. The van der Waals surface area contributed by atoms with E-state index >= 15 is 0 Å². The van der Waals surface area contributed by atoms with Gasteiger partial charge in [0.1, 0.15) is 0 Å². The standard InChI is InChI=1S/C15H28N4O2S/c1-4-5-7-20-9-10-21-8-6-17-15(16-3)19-12-14-11-18-13(2)22-14/h11H,4-10,12H2,1-3H3,(H2,16,17,19). The molecule has 0 saturated carbocycles. The zero-order valence-electron chi connectivity index (χ0n) is 13.9. The Morgan fingerprint density at radius 3 is 2.64 bits per heavy atom. The lowest BCUT2D eigenvalue weighted by atomic mass is 10.4. The minimum absolute atomic E-state index is 0.636. The van der Waals surface area contributed by atoms with Gasteiger partial charge < -0.3 is 20.1 Å². The molecule has 126 valence electrons. The molecule has 2 N–H and O–H groups in total. The normalized spacial score (nSPS) is 11.7. The highest BCUT2D eigenvalue weighted by atomic mass is 32.1.